The molecule has 1 aromatic carbocycles. The van der Waals surface area contributed by atoms with Gasteiger partial charge >= 0.3 is 0 Å². The summed E-state index contributed by atoms with van der Waals surface area (Å²) in [5.41, 5.74) is 2.07. The molecule has 0 bridgehead atoms. The van der Waals surface area contributed by atoms with Crippen LogP contribution in [0.5, 0.6) is 0 Å². The Morgan fingerprint density at radius 1 is 1.41 bits per heavy atom. The Labute approximate surface area is 134 Å². The standard InChI is InChI=1S/C16H15ClN4O/c1-19-16(22)13-5-3-11(4-6-13)10-21(2)15-14(17)7-12(8-18)9-20-15/h3-7,9H,10H2,1-2H3,(H,19,22). The molecule has 1 aromatic heterocycles. The Balaban J connectivity index is 2.13. The van der Waals surface area contributed by atoms with Crippen molar-refractivity contribution in [1.29, 1.82) is 5.26 Å². The lowest BCUT2D eigenvalue weighted by Crippen LogP contribution is -2.19. The lowest BCUT2D eigenvalue weighted by Gasteiger charge is -2.19. The van der Waals surface area contributed by atoms with Gasteiger partial charge in [0.05, 0.1) is 10.6 Å². The van der Waals surface area contributed by atoms with Gasteiger partial charge < -0.3 is 10.2 Å². The predicted molar refractivity (Wildman–Crippen MR) is 85.9 cm³/mol. The Bertz CT molecular complexity index is 722. The Hall–Kier alpha value is -2.58. The molecule has 112 valence electrons. The number of anilines is 1. The molecule has 0 atom stereocenters. The average molecular weight is 315 g/mol. The third kappa shape index (κ3) is 3.54. The maximum Gasteiger partial charge on any atom is 0.251 e. The monoisotopic (exact) mass is 314 g/mol. The van der Waals surface area contributed by atoms with Crippen LogP contribution in [0.4, 0.5) is 5.82 Å². The van der Waals surface area contributed by atoms with Crippen LogP contribution >= 0.6 is 11.6 Å². The molecule has 6 heteroatoms. The van der Waals surface area contributed by atoms with Crippen LogP contribution < -0.4 is 10.2 Å². The van der Waals surface area contributed by atoms with E-state index < -0.39 is 0 Å². The number of halogens is 1. The summed E-state index contributed by atoms with van der Waals surface area (Å²) in [6, 6.07) is 10.9. The number of carbonyl (C=O) groups excluding carboxylic acids is 1. The van der Waals surface area contributed by atoms with E-state index in [-0.39, 0.29) is 5.91 Å². The molecular formula is C16H15ClN4O. The minimum atomic E-state index is -0.114. The van der Waals surface area contributed by atoms with Crippen LogP contribution in [0.3, 0.4) is 0 Å². The van der Waals surface area contributed by atoms with Gasteiger partial charge in [-0.15, -0.1) is 0 Å². The van der Waals surface area contributed by atoms with Crippen molar-refractivity contribution in [2.24, 2.45) is 0 Å². The third-order valence-corrected chi connectivity index (χ3v) is 3.45. The minimum absolute atomic E-state index is 0.114. The summed E-state index contributed by atoms with van der Waals surface area (Å²) in [5, 5.41) is 11.8. The van der Waals surface area contributed by atoms with Crippen molar-refractivity contribution in [3.63, 3.8) is 0 Å². The van der Waals surface area contributed by atoms with Gasteiger partial charge in [-0.1, -0.05) is 23.7 Å². The predicted octanol–water partition coefficient (Wildman–Crippen LogP) is 2.60. The molecule has 22 heavy (non-hydrogen) atoms. The van der Waals surface area contributed by atoms with Gasteiger partial charge in [-0.05, 0) is 23.8 Å². The number of nitriles is 1. The molecule has 0 fully saturated rings. The number of pyridine rings is 1. The first-order chi connectivity index (χ1) is 10.5. The second-order valence-electron chi connectivity index (χ2n) is 4.77. The van der Waals surface area contributed by atoms with E-state index >= 15 is 0 Å². The number of carbonyl (C=O) groups is 1. The second kappa shape index (κ2) is 6.92. The van der Waals surface area contributed by atoms with Crippen molar-refractivity contribution in [2.75, 3.05) is 19.0 Å². The maximum atomic E-state index is 11.5. The van der Waals surface area contributed by atoms with E-state index in [2.05, 4.69) is 10.3 Å². The van der Waals surface area contributed by atoms with Crippen LogP contribution in [-0.2, 0) is 6.54 Å². The molecule has 0 saturated carbocycles. The molecule has 0 radical (unpaired) electrons. The quantitative estimate of drug-likeness (QED) is 0.941. The zero-order valence-corrected chi connectivity index (χ0v) is 13.1. The summed E-state index contributed by atoms with van der Waals surface area (Å²) in [6.45, 7) is 0.590. The number of nitrogens with zero attached hydrogens (tertiary/aromatic N) is 3. The van der Waals surface area contributed by atoms with Gasteiger partial charge in [0.25, 0.3) is 5.91 Å². The molecule has 5 nitrogen and oxygen atoms in total. The van der Waals surface area contributed by atoms with Crippen LogP contribution in [0.25, 0.3) is 0 Å². The molecule has 0 aliphatic rings. The first kappa shape index (κ1) is 15.8. The van der Waals surface area contributed by atoms with Crippen molar-refractivity contribution in [3.05, 3.63) is 58.2 Å². The highest BCUT2D eigenvalue weighted by molar-refractivity contribution is 6.33. The van der Waals surface area contributed by atoms with Gasteiger partial charge in [-0.25, -0.2) is 4.98 Å². The molecule has 1 heterocycles. The molecule has 1 amide bonds. The first-order valence-electron chi connectivity index (χ1n) is 6.63. The van der Waals surface area contributed by atoms with Crippen molar-refractivity contribution in [2.45, 2.75) is 6.54 Å². The molecule has 0 saturated heterocycles. The van der Waals surface area contributed by atoms with E-state index in [0.29, 0.717) is 28.5 Å². The topological polar surface area (TPSA) is 69.0 Å². The fourth-order valence-electron chi connectivity index (χ4n) is 2.03. The Morgan fingerprint density at radius 2 is 2.09 bits per heavy atom. The number of hydrogen-bond donors (Lipinski definition) is 1. The van der Waals surface area contributed by atoms with Crippen LogP contribution in [0.15, 0.2) is 36.5 Å². The number of nitrogens with one attached hydrogen (secondary N) is 1. The number of rotatable bonds is 4. The molecule has 0 aliphatic heterocycles. The van der Waals surface area contributed by atoms with Gasteiger partial charge in [0, 0.05) is 32.4 Å². The number of amides is 1. The van der Waals surface area contributed by atoms with E-state index in [4.69, 9.17) is 16.9 Å². The molecule has 2 rings (SSSR count). The van der Waals surface area contributed by atoms with E-state index in [0.717, 1.165) is 5.56 Å². The largest absolute Gasteiger partial charge is 0.355 e. The van der Waals surface area contributed by atoms with Crippen molar-refractivity contribution in [3.8, 4) is 6.07 Å². The van der Waals surface area contributed by atoms with Gasteiger partial charge in [0.15, 0.2) is 0 Å². The number of aromatic nitrogens is 1. The SMILES string of the molecule is CNC(=O)c1ccc(CN(C)c2ncc(C#N)cc2Cl)cc1. The molecule has 1 N–H and O–H groups in total. The maximum absolute atomic E-state index is 11.5. The lowest BCUT2D eigenvalue weighted by atomic mass is 10.1. The van der Waals surface area contributed by atoms with E-state index in [9.17, 15) is 4.79 Å². The summed E-state index contributed by atoms with van der Waals surface area (Å²) in [5.74, 6) is 0.493. The highest BCUT2D eigenvalue weighted by Gasteiger charge is 2.10. The Kier molecular flexibility index (Phi) is 4.97. The van der Waals surface area contributed by atoms with E-state index in [1.807, 2.05) is 30.1 Å². The van der Waals surface area contributed by atoms with Crippen molar-refractivity contribution < 1.29 is 4.79 Å². The number of hydrogen-bond acceptors (Lipinski definition) is 4. The fourth-order valence-corrected chi connectivity index (χ4v) is 2.34. The molecular weight excluding hydrogens is 300 g/mol. The first-order valence-corrected chi connectivity index (χ1v) is 7.00. The van der Waals surface area contributed by atoms with E-state index in [1.165, 1.54) is 6.20 Å². The third-order valence-electron chi connectivity index (χ3n) is 3.18. The molecule has 0 unspecified atom stereocenters. The van der Waals surface area contributed by atoms with Crippen molar-refractivity contribution in [1.82, 2.24) is 10.3 Å². The smallest absolute Gasteiger partial charge is 0.251 e. The second-order valence-corrected chi connectivity index (χ2v) is 5.18. The van der Waals surface area contributed by atoms with Crippen LogP contribution in [0.1, 0.15) is 21.5 Å². The lowest BCUT2D eigenvalue weighted by molar-refractivity contribution is 0.0963. The van der Waals surface area contributed by atoms with Gasteiger partial charge in [0.2, 0.25) is 0 Å². The average Bonchev–Trinajstić information content (AvgIpc) is 2.54. The zero-order chi connectivity index (χ0) is 16.1. The number of benzene rings is 1. The summed E-state index contributed by atoms with van der Waals surface area (Å²) >= 11 is 6.15. The molecule has 2 aromatic rings. The van der Waals surface area contributed by atoms with E-state index in [1.54, 1.807) is 25.2 Å². The van der Waals surface area contributed by atoms with Crippen LogP contribution in [0.2, 0.25) is 5.02 Å². The van der Waals surface area contributed by atoms with Crippen LogP contribution in [-0.4, -0.2) is 25.0 Å². The summed E-state index contributed by atoms with van der Waals surface area (Å²) in [6.07, 6.45) is 1.49. The highest BCUT2D eigenvalue weighted by atomic mass is 35.5. The van der Waals surface area contributed by atoms with Gasteiger partial charge in [-0.2, -0.15) is 5.26 Å². The zero-order valence-electron chi connectivity index (χ0n) is 12.3. The molecule has 0 aliphatic carbocycles. The summed E-state index contributed by atoms with van der Waals surface area (Å²) < 4.78 is 0. The minimum Gasteiger partial charge on any atom is -0.355 e. The normalized spacial score (nSPS) is 9.91. The highest BCUT2D eigenvalue weighted by Crippen LogP contribution is 2.24. The Morgan fingerprint density at radius 3 is 2.64 bits per heavy atom. The van der Waals surface area contributed by atoms with Crippen LogP contribution in [0, 0.1) is 11.3 Å². The fraction of sp³-hybridized carbons (Fsp3) is 0.188. The van der Waals surface area contributed by atoms with Crippen molar-refractivity contribution >= 4 is 23.3 Å². The molecule has 0 spiro atoms. The van der Waals surface area contributed by atoms with Gasteiger partial charge in [-0.3, -0.25) is 4.79 Å². The summed E-state index contributed by atoms with van der Waals surface area (Å²) in [7, 11) is 3.47. The van der Waals surface area contributed by atoms with Gasteiger partial charge in [0.1, 0.15) is 11.9 Å². The summed E-state index contributed by atoms with van der Waals surface area (Å²) in [4.78, 5) is 17.6.